The van der Waals surface area contributed by atoms with E-state index in [1.165, 1.54) is 41.3 Å². The van der Waals surface area contributed by atoms with Crippen LogP contribution in [0.25, 0.3) is 11.1 Å². The van der Waals surface area contributed by atoms with Crippen molar-refractivity contribution in [2.24, 2.45) is 5.14 Å². The fraction of sp³-hybridized carbons (Fsp3) is 0.188. The molecule has 1 fully saturated rings. The van der Waals surface area contributed by atoms with E-state index in [1.54, 1.807) is 6.07 Å². The first-order valence-electron chi connectivity index (χ1n) is 7.31. The predicted octanol–water partition coefficient (Wildman–Crippen LogP) is 1.46. The number of ether oxygens (including phenoxy) is 1. The molecule has 1 atom stereocenters. The topological polar surface area (TPSA) is 110 Å². The first-order valence-corrected chi connectivity index (χ1v) is 8.86. The van der Waals surface area contributed by atoms with E-state index < -0.39 is 28.0 Å². The Hall–Kier alpha value is -2.49. The van der Waals surface area contributed by atoms with E-state index in [0.717, 1.165) is 0 Å². The number of aliphatic hydroxyl groups is 1. The summed E-state index contributed by atoms with van der Waals surface area (Å²) in [5.41, 5.74) is 1.02. The van der Waals surface area contributed by atoms with Crippen molar-refractivity contribution in [2.75, 3.05) is 18.1 Å². The number of hydrogen-bond donors (Lipinski definition) is 2. The summed E-state index contributed by atoms with van der Waals surface area (Å²) < 4.78 is 41.9. The van der Waals surface area contributed by atoms with Gasteiger partial charge in [-0.25, -0.2) is 22.7 Å². The molecule has 3 rings (SSSR count). The SMILES string of the molecule is NS(=O)(=O)c1ccc(-c2ccc(N3C[C@H](CO)OC3=O)cc2F)cc1. The summed E-state index contributed by atoms with van der Waals surface area (Å²) >= 11 is 0. The lowest BCUT2D eigenvalue weighted by atomic mass is 10.0. The molecule has 0 unspecified atom stereocenters. The molecule has 0 saturated carbocycles. The quantitative estimate of drug-likeness (QED) is 0.851. The van der Waals surface area contributed by atoms with Crippen molar-refractivity contribution in [3.05, 3.63) is 48.3 Å². The van der Waals surface area contributed by atoms with Gasteiger partial charge < -0.3 is 9.84 Å². The lowest BCUT2D eigenvalue weighted by Crippen LogP contribution is -2.25. The van der Waals surface area contributed by atoms with Crippen molar-refractivity contribution >= 4 is 21.8 Å². The summed E-state index contributed by atoms with van der Waals surface area (Å²) in [6.45, 7) is -0.170. The van der Waals surface area contributed by atoms with Crippen molar-refractivity contribution in [3.63, 3.8) is 0 Å². The van der Waals surface area contributed by atoms with Crippen LogP contribution in [0.1, 0.15) is 0 Å². The number of carbonyl (C=O) groups is 1. The summed E-state index contributed by atoms with van der Waals surface area (Å²) in [4.78, 5) is 12.9. The summed E-state index contributed by atoms with van der Waals surface area (Å²) in [7, 11) is -3.82. The highest BCUT2D eigenvalue weighted by atomic mass is 32.2. The summed E-state index contributed by atoms with van der Waals surface area (Å²) in [5, 5.41) is 14.1. The van der Waals surface area contributed by atoms with E-state index in [4.69, 9.17) is 15.0 Å². The first-order chi connectivity index (χ1) is 11.8. The van der Waals surface area contributed by atoms with Crippen molar-refractivity contribution in [2.45, 2.75) is 11.0 Å². The molecule has 132 valence electrons. The van der Waals surface area contributed by atoms with Crippen LogP contribution >= 0.6 is 0 Å². The Labute approximate surface area is 143 Å². The smallest absolute Gasteiger partial charge is 0.414 e. The normalized spacial score (nSPS) is 17.6. The minimum absolute atomic E-state index is 0.0665. The molecule has 2 aromatic carbocycles. The molecule has 1 saturated heterocycles. The number of sulfonamides is 1. The molecule has 1 amide bonds. The van der Waals surface area contributed by atoms with Gasteiger partial charge in [-0.1, -0.05) is 12.1 Å². The molecule has 1 aliphatic heterocycles. The van der Waals surface area contributed by atoms with Gasteiger partial charge in [0.2, 0.25) is 10.0 Å². The van der Waals surface area contributed by atoms with Gasteiger partial charge in [0.25, 0.3) is 0 Å². The highest BCUT2D eigenvalue weighted by Gasteiger charge is 2.32. The maximum absolute atomic E-state index is 14.5. The number of halogens is 1. The van der Waals surface area contributed by atoms with Gasteiger partial charge in [-0.2, -0.15) is 0 Å². The van der Waals surface area contributed by atoms with Crippen LogP contribution in [0, 0.1) is 5.82 Å². The predicted molar refractivity (Wildman–Crippen MR) is 87.9 cm³/mol. The molecule has 1 aliphatic rings. The third-order valence-electron chi connectivity index (χ3n) is 3.84. The van der Waals surface area contributed by atoms with Crippen LogP contribution in [0.15, 0.2) is 47.4 Å². The Kier molecular flexibility index (Phi) is 4.46. The standard InChI is InChI=1S/C16H15FN2O5S/c17-15-7-11(19-8-12(9-20)24-16(19)21)3-6-14(15)10-1-4-13(5-2-10)25(18,22)23/h1-7,12,20H,8-9H2,(H2,18,22,23)/t12-/m1/s1. The van der Waals surface area contributed by atoms with E-state index in [1.807, 2.05) is 0 Å². The van der Waals surface area contributed by atoms with Gasteiger partial charge in [0.05, 0.1) is 23.7 Å². The number of rotatable bonds is 4. The molecule has 0 aliphatic carbocycles. The Morgan fingerprint density at radius 3 is 2.44 bits per heavy atom. The van der Waals surface area contributed by atoms with Gasteiger partial charge in [-0.3, -0.25) is 4.90 Å². The van der Waals surface area contributed by atoms with Gasteiger partial charge in [0, 0.05) is 5.56 Å². The number of nitrogens with two attached hydrogens (primary N) is 1. The lowest BCUT2D eigenvalue weighted by Gasteiger charge is -2.14. The molecule has 7 nitrogen and oxygen atoms in total. The van der Waals surface area contributed by atoms with E-state index in [9.17, 15) is 17.6 Å². The Morgan fingerprint density at radius 2 is 1.92 bits per heavy atom. The number of hydrogen-bond acceptors (Lipinski definition) is 5. The summed E-state index contributed by atoms with van der Waals surface area (Å²) in [6, 6.07) is 9.70. The Balaban J connectivity index is 1.89. The number of aliphatic hydroxyl groups excluding tert-OH is 1. The number of carbonyl (C=O) groups excluding carboxylic acids is 1. The molecule has 2 aromatic rings. The number of cyclic esters (lactones) is 1. The van der Waals surface area contributed by atoms with Gasteiger partial charge in [0.1, 0.15) is 11.9 Å². The zero-order valence-corrected chi connectivity index (χ0v) is 13.7. The highest BCUT2D eigenvalue weighted by Crippen LogP contribution is 2.29. The average Bonchev–Trinajstić information content (AvgIpc) is 2.95. The van der Waals surface area contributed by atoms with Crippen LogP contribution in [0.4, 0.5) is 14.9 Å². The van der Waals surface area contributed by atoms with Gasteiger partial charge in [-0.15, -0.1) is 0 Å². The average molecular weight is 366 g/mol. The summed E-state index contributed by atoms with van der Waals surface area (Å²) in [6.07, 6.45) is -1.29. The zero-order valence-electron chi connectivity index (χ0n) is 12.9. The molecule has 0 radical (unpaired) electrons. The lowest BCUT2D eigenvalue weighted by molar-refractivity contribution is 0.0963. The molecular weight excluding hydrogens is 351 g/mol. The fourth-order valence-electron chi connectivity index (χ4n) is 2.56. The maximum Gasteiger partial charge on any atom is 0.414 e. The van der Waals surface area contributed by atoms with E-state index in [0.29, 0.717) is 11.3 Å². The first kappa shape index (κ1) is 17.3. The second-order valence-corrected chi connectivity index (χ2v) is 7.09. The minimum atomic E-state index is -3.82. The number of amides is 1. The molecule has 1 heterocycles. The monoisotopic (exact) mass is 366 g/mol. The van der Waals surface area contributed by atoms with E-state index in [-0.39, 0.29) is 23.6 Å². The third-order valence-corrected chi connectivity index (χ3v) is 4.77. The summed E-state index contributed by atoms with van der Waals surface area (Å²) in [5.74, 6) is -0.582. The van der Waals surface area contributed by atoms with Crippen molar-refractivity contribution in [1.29, 1.82) is 0 Å². The Morgan fingerprint density at radius 1 is 1.24 bits per heavy atom. The fourth-order valence-corrected chi connectivity index (χ4v) is 3.07. The van der Waals surface area contributed by atoms with Crippen LogP contribution in [0.2, 0.25) is 0 Å². The van der Waals surface area contributed by atoms with Crippen molar-refractivity contribution < 1.29 is 27.4 Å². The van der Waals surface area contributed by atoms with Crippen molar-refractivity contribution in [3.8, 4) is 11.1 Å². The van der Waals surface area contributed by atoms with Crippen molar-refractivity contribution in [1.82, 2.24) is 0 Å². The van der Waals surface area contributed by atoms with E-state index >= 15 is 0 Å². The second kappa shape index (κ2) is 6.43. The molecule has 25 heavy (non-hydrogen) atoms. The Bertz CT molecular complexity index is 915. The molecule has 0 spiro atoms. The van der Waals surface area contributed by atoms with Gasteiger partial charge >= 0.3 is 6.09 Å². The maximum atomic E-state index is 14.5. The van der Waals surface area contributed by atoms with E-state index in [2.05, 4.69) is 0 Å². The number of primary sulfonamides is 1. The zero-order chi connectivity index (χ0) is 18.2. The van der Waals surface area contributed by atoms with Crippen LogP contribution < -0.4 is 10.0 Å². The molecule has 9 heteroatoms. The molecule has 0 bridgehead atoms. The number of anilines is 1. The molecule has 0 aromatic heterocycles. The van der Waals surface area contributed by atoms with Crippen LogP contribution in [-0.4, -0.2) is 38.9 Å². The molecular formula is C16H15FN2O5S. The van der Waals surface area contributed by atoms with Crippen LogP contribution in [0.5, 0.6) is 0 Å². The molecule has 3 N–H and O–H groups in total. The number of nitrogens with zero attached hydrogens (tertiary/aromatic N) is 1. The highest BCUT2D eigenvalue weighted by molar-refractivity contribution is 7.89. The second-order valence-electron chi connectivity index (χ2n) is 5.53. The van der Waals surface area contributed by atoms with Crippen LogP contribution in [-0.2, 0) is 14.8 Å². The number of benzene rings is 2. The minimum Gasteiger partial charge on any atom is -0.441 e. The van der Waals surface area contributed by atoms with Gasteiger partial charge in [0.15, 0.2) is 0 Å². The third kappa shape index (κ3) is 3.48. The largest absolute Gasteiger partial charge is 0.441 e. The van der Waals surface area contributed by atoms with Crippen LogP contribution in [0.3, 0.4) is 0 Å². The van der Waals surface area contributed by atoms with Gasteiger partial charge in [-0.05, 0) is 35.9 Å².